The minimum Gasteiger partial charge on any atom is -0.339 e. The number of benzene rings is 1. The second kappa shape index (κ2) is 7.88. The maximum atomic E-state index is 12.0. The van der Waals surface area contributed by atoms with E-state index >= 15 is 0 Å². The highest BCUT2D eigenvalue weighted by molar-refractivity contribution is 5.76. The predicted octanol–water partition coefficient (Wildman–Crippen LogP) is 2.34. The number of rotatable bonds is 7. The number of hydrogen-bond acceptors (Lipinski definition) is 2. The van der Waals surface area contributed by atoms with E-state index in [2.05, 4.69) is 37.4 Å². The summed E-state index contributed by atoms with van der Waals surface area (Å²) in [7, 11) is 0. The summed E-state index contributed by atoms with van der Waals surface area (Å²) in [5, 5.41) is 3.18. The Bertz CT molecular complexity index is 377. The van der Waals surface area contributed by atoms with Gasteiger partial charge in [0.15, 0.2) is 0 Å². The van der Waals surface area contributed by atoms with E-state index in [1.807, 2.05) is 17.9 Å². The largest absolute Gasteiger partial charge is 0.339 e. The summed E-state index contributed by atoms with van der Waals surface area (Å²) in [6.07, 6.45) is 0.577. The van der Waals surface area contributed by atoms with Gasteiger partial charge in [0.2, 0.25) is 5.91 Å². The fourth-order valence-corrected chi connectivity index (χ4v) is 1.94. The van der Waals surface area contributed by atoms with E-state index in [4.69, 9.17) is 0 Å². The van der Waals surface area contributed by atoms with Gasteiger partial charge in [-0.1, -0.05) is 36.8 Å². The summed E-state index contributed by atoms with van der Waals surface area (Å²) in [5.74, 6) is 0.222. The first kappa shape index (κ1) is 14.7. The van der Waals surface area contributed by atoms with Crippen LogP contribution in [-0.4, -0.2) is 30.4 Å². The summed E-state index contributed by atoms with van der Waals surface area (Å²) < 4.78 is 0. The Balaban J connectivity index is 2.53. The molecule has 0 aliphatic heterocycles. The molecule has 3 heteroatoms. The highest BCUT2D eigenvalue weighted by Crippen LogP contribution is 2.08. The molecule has 1 aromatic rings. The van der Waals surface area contributed by atoms with Crippen molar-refractivity contribution in [3.05, 3.63) is 35.4 Å². The summed E-state index contributed by atoms with van der Waals surface area (Å²) in [4.78, 5) is 13.9. The normalized spacial score (nSPS) is 10.4. The van der Waals surface area contributed by atoms with Gasteiger partial charge in [0.05, 0.1) is 0 Å². The van der Waals surface area contributed by atoms with E-state index in [-0.39, 0.29) is 5.91 Å². The Morgan fingerprint density at radius 2 is 2.11 bits per heavy atom. The Kier molecular flexibility index (Phi) is 6.44. The van der Waals surface area contributed by atoms with E-state index < -0.39 is 0 Å². The molecule has 1 amide bonds. The third-order valence-electron chi connectivity index (χ3n) is 2.96. The average Bonchev–Trinajstić information content (AvgIpc) is 2.36. The van der Waals surface area contributed by atoms with Crippen LogP contribution >= 0.6 is 0 Å². The van der Waals surface area contributed by atoms with Crippen LogP contribution < -0.4 is 5.32 Å². The Morgan fingerprint density at radius 3 is 2.72 bits per heavy atom. The molecule has 0 fully saturated rings. The van der Waals surface area contributed by atoms with E-state index in [0.717, 1.165) is 19.6 Å². The van der Waals surface area contributed by atoms with E-state index in [1.165, 1.54) is 11.1 Å². The van der Waals surface area contributed by atoms with Crippen molar-refractivity contribution in [2.75, 3.05) is 19.6 Å². The van der Waals surface area contributed by atoms with E-state index in [9.17, 15) is 4.79 Å². The van der Waals surface area contributed by atoms with Gasteiger partial charge in [0.25, 0.3) is 0 Å². The number of aryl methyl sites for hydroxylation is 1. The van der Waals surface area contributed by atoms with Gasteiger partial charge in [0, 0.05) is 26.1 Å². The molecule has 18 heavy (non-hydrogen) atoms. The van der Waals surface area contributed by atoms with E-state index in [0.29, 0.717) is 13.0 Å². The molecule has 0 radical (unpaired) electrons. The third-order valence-corrected chi connectivity index (χ3v) is 2.96. The number of carbonyl (C=O) groups excluding carboxylic acids is 1. The van der Waals surface area contributed by atoms with Crippen LogP contribution in [0.3, 0.4) is 0 Å². The summed E-state index contributed by atoms with van der Waals surface area (Å²) in [6.45, 7) is 9.31. The number of nitrogens with one attached hydrogen (secondary N) is 1. The van der Waals surface area contributed by atoms with Crippen molar-refractivity contribution in [1.29, 1.82) is 0 Å². The molecule has 0 atom stereocenters. The highest BCUT2D eigenvalue weighted by atomic mass is 16.2. The van der Waals surface area contributed by atoms with Gasteiger partial charge in [-0.25, -0.2) is 0 Å². The van der Waals surface area contributed by atoms with Crippen molar-refractivity contribution in [2.45, 2.75) is 33.7 Å². The minimum absolute atomic E-state index is 0.222. The van der Waals surface area contributed by atoms with Gasteiger partial charge >= 0.3 is 0 Å². The lowest BCUT2D eigenvalue weighted by atomic mass is 10.1. The first-order valence-corrected chi connectivity index (χ1v) is 6.71. The molecule has 0 saturated heterocycles. The molecule has 0 spiro atoms. The van der Waals surface area contributed by atoms with Crippen molar-refractivity contribution in [1.82, 2.24) is 10.2 Å². The maximum absolute atomic E-state index is 12.0. The zero-order valence-electron chi connectivity index (χ0n) is 11.7. The second-order valence-corrected chi connectivity index (χ2v) is 4.50. The van der Waals surface area contributed by atoms with Crippen molar-refractivity contribution in [2.24, 2.45) is 0 Å². The molecular weight excluding hydrogens is 224 g/mol. The first-order valence-electron chi connectivity index (χ1n) is 6.71. The number of carbonyl (C=O) groups is 1. The average molecular weight is 248 g/mol. The molecule has 0 aromatic heterocycles. The standard InChI is InChI=1S/C15H24N2O/c1-4-16-10-9-15(18)17(5-2)12-14-8-6-7-13(3)11-14/h6-8,11,16H,4-5,9-10,12H2,1-3H3. The van der Waals surface area contributed by atoms with Crippen LogP contribution in [0.5, 0.6) is 0 Å². The Morgan fingerprint density at radius 1 is 1.33 bits per heavy atom. The highest BCUT2D eigenvalue weighted by Gasteiger charge is 2.11. The minimum atomic E-state index is 0.222. The molecule has 0 aliphatic carbocycles. The van der Waals surface area contributed by atoms with Crippen LogP contribution in [0.25, 0.3) is 0 Å². The van der Waals surface area contributed by atoms with Crippen molar-refractivity contribution < 1.29 is 4.79 Å². The topological polar surface area (TPSA) is 32.3 Å². The van der Waals surface area contributed by atoms with Gasteiger partial charge in [0.1, 0.15) is 0 Å². The maximum Gasteiger partial charge on any atom is 0.224 e. The number of amides is 1. The zero-order chi connectivity index (χ0) is 13.4. The third kappa shape index (κ3) is 4.88. The molecule has 0 unspecified atom stereocenters. The number of hydrogen-bond donors (Lipinski definition) is 1. The van der Waals surface area contributed by atoms with Crippen molar-refractivity contribution in [3.63, 3.8) is 0 Å². The van der Waals surface area contributed by atoms with Gasteiger partial charge < -0.3 is 10.2 Å². The van der Waals surface area contributed by atoms with Crippen LogP contribution in [0.2, 0.25) is 0 Å². The summed E-state index contributed by atoms with van der Waals surface area (Å²) in [6, 6.07) is 8.34. The molecular formula is C15H24N2O. The van der Waals surface area contributed by atoms with Crippen LogP contribution in [0.1, 0.15) is 31.4 Å². The molecule has 1 rings (SSSR count). The predicted molar refractivity (Wildman–Crippen MR) is 75.4 cm³/mol. The number of nitrogens with zero attached hydrogens (tertiary/aromatic N) is 1. The lowest BCUT2D eigenvalue weighted by Gasteiger charge is -2.21. The second-order valence-electron chi connectivity index (χ2n) is 4.50. The van der Waals surface area contributed by atoms with Gasteiger partial charge in [-0.15, -0.1) is 0 Å². The fraction of sp³-hybridized carbons (Fsp3) is 0.533. The quantitative estimate of drug-likeness (QED) is 0.751. The zero-order valence-corrected chi connectivity index (χ0v) is 11.7. The van der Waals surface area contributed by atoms with Crippen molar-refractivity contribution in [3.8, 4) is 0 Å². The van der Waals surface area contributed by atoms with Crippen LogP contribution in [0.15, 0.2) is 24.3 Å². The summed E-state index contributed by atoms with van der Waals surface area (Å²) >= 11 is 0. The van der Waals surface area contributed by atoms with Gasteiger partial charge in [-0.2, -0.15) is 0 Å². The van der Waals surface area contributed by atoms with Crippen LogP contribution in [-0.2, 0) is 11.3 Å². The van der Waals surface area contributed by atoms with Crippen LogP contribution in [0.4, 0.5) is 0 Å². The molecule has 0 aliphatic rings. The van der Waals surface area contributed by atoms with Gasteiger partial charge in [-0.3, -0.25) is 4.79 Å². The molecule has 3 nitrogen and oxygen atoms in total. The molecule has 1 aromatic carbocycles. The molecule has 100 valence electrons. The first-order chi connectivity index (χ1) is 8.67. The monoisotopic (exact) mass is 248 g/mol. The Hall–Kier alpha value is -1.35. The lowest BCUT2D eigenvalue weighted by molar-refractivity contribution is -0.131. The van der Waals surface area contributed by atoms with Gasteiger partial charge in [-0.05, 0) is 26.0 Å². The summed E-state index contributed by atoms with van der Waals surface area (Å²) in [5.41, 5.74) is 2.44. The molecule has 1 N–H and O–H groups in total. The molecule has 0 heterocycles. The van der Waals surface area contributed by atoms with Crippen LogP contribution in [0, 0.1) is 6.92 Å². The molecule has 0 saturated carbocycles. The molecule has 0 bridgehead atoms. The lowest BCUT2D eigenvalue weighted by Crippen LogP contribution is -2.32. The fourth-order valence-electron chi connectivity index (χ4n) is 1.94. The smallest absolute Gasteiger partial charge is 0.224 e. The van der Waals surface area contributed by atoms with Crippen molar-refractivity contribution >= 4 is 5.91 Å². The SMILES string of the molecule is CCNCCC(=O)N(CC)Cc1cccc(C)c1. The van der Waals surface area contributed by atoms with E-state index in [1.54, 1.807) is 0 Å². The Labute approximate surface area is 110 Å².